The summed E-state index contributed by atoms with van der Waals surface area (Å²) in [5.41, 5.74) is 5.41. The number of amidine groups is 1. The van der Waals surface area contributed by atoms with Gasteiger partial charge in [-0.25, -0.2) is 0 Å². The van der Waals surface area contributed by atoms with E-state index in [0.717, 1.165) is 5.75 Å². The topological polar surface area (TPSA) is 58.6 Å². The van der Waals surface area contributed by atoms with Gasteiger partial charge in [-0.3, -0.25) is 0 Å². The lowest BCUT2D eigenvalue weighted by Gasteiger charge is -2.07. The SMILES string of the molecule is CCCCCSC(C)C(N)=NO. The Hall–Kier alpha value is -0.380. The largest absolute Gasteiger partial charge is 0.409 e. The molecule has 0 aromatic carbocycles. The molecule has 0 heterocycles. The first-order chi connectivity index (χ1) is 5.72. The summed E-state index contributed by atoms with van der Waals surface area (Å²) in [7, 11) is 0. The fourth-order valence-corrected chi connectivity index (χ4v) is 1.72. The van der Waals surface area contributed by atoms with Crippen LogP contribution >= 0.6 is 11.8 Å². The molecule has 0 spiro atoms. The predicted octanol–water partition coefficient (Wildman–Crippen LogP) is 2.04. The molecule has 3 N–H and O–H groups in total. The molecule has 0 bridgehead atoms. The minimum atomic E-state index is 0.131. The molecule has 0 rings (SSSR count). The Labute approximate surface area is 78.4 Å². The van der Waals surface area contributed by atoms with Crippen molar-refractivity contribution in [1.82, 2.24) is 0 Å². The summed E-state index contributed by atoms with van der Waals surface area (Å²) in [5, 5.41) is 11.4. The average molecular weight is 190 g/mol. The fraction of sp³-hybridized carbons (Fsp3) is 0.875. The summed E-state index contributed by atoms with van der Waals surface area (Å²) in [6.07, 6.45) is 3.71. The van der Waals surface area contributed by atoms with E-state index in [4.69, 9.17) is 10.9 Å². The van der Waals surface area contributed by atoms with Gasteiger partial charge in [0.05, 0.1) is 5.25 Å². The van der Waals surface area contributed by atoms with Crippen LogP contribution in [-0.2, 0) is 0 Å². The van der Waals surface area contributed by atoms with Gasteiger partial charge in [0, 0.05) is 0 Å². The van der Waals surface area contributed by atoms with Crippen LogP contribution in [0.4, 0.5) is 0 Å². The Kier molecular flexibility index (Phi) is 7.05. The standard InChI is InChI=1S/C8H18N2OS/c1-3-4-5-6-12-7(2)8(9)10-11/h7,11H,3-6H2,1-2H3,(H2,9,10). The number of unbranched alkanes of at least 4 members (excludes halogenated alkanes) is 2. The lowest BCUT2D eigenvalue weighted by atomic mass is 10.3. The molecular formula is C8H18N2OS. The minimum Gasteiger partial charge on any atom is -0.409 e. The molecule has 0 saturated heterocycles. The highest BCUT2D eigenvalue weighted by Gasteiger charge is 2.06. The van der Waals surface area contributed by atoms with Gasteiger partial charge in [-0.05, 0) is 19.1 Å². The molecule has 4 heteroatoms. The maximum atomic E-state index is 8.36. The highest BCUT2D eigenvalue weighted by atomic mass is 32.2. The molecular weight excluding hydrogens is 172 g/mol. The van der Waals surface area contributed by atoms with Crippen LogP contribution in [0.25, 0.3) is 0 Å². The smallest absolute Gasteiger partial charge is 0.151 e. The number of hydrogen-bond donors (Lipinski definition) is 2. The van der Waals surface area contributed by atoms with Gasteiger partial charge in [0.15, 0.2) is 5.84 Å². The molecule has 0 aliphatic carbocycles. The van der Waals surface area contributed by atoms with Crippen molar-refractivity contribution in [2.24, 2.45) is 10.9 Å². The van der Waals surface area contributed by atoms with E-state index in [9.17, 15) is 0 Å². The van der Waals surface area contributed by atoms with Gasteiger partial charge in [-0.1, -0.05) is 24.9 Å². The molecule has 1 atom stereocenters. The van der Waals surface area contributed by atoms with Crippen molar-refractivity contribution in [2.75, 3.05) is 5.75 Å². The Balaban J connectivity index is 3.37. The van der Waals surface area contributed by atoms with Gasteiger partial charge < -0.3 is 10.9 Å². The number of nitrogens with two attached hydrogens (primary N) is 1. The molecule has 12 heavy (non-hydrogen) atoms. The van der Waals surface area contributed by atoms with E-state index in [1.165, 1.54) is 19.3 Å². The summed E-state index contributed by atoms with van der Waals surface area (Å²) in [6.45, 7) is 4.13. The Morgan fingerprint density at radius 2 is 2.25 bits per heavy atom. The molecule has 0 saturated carbocycles. The van der Waals surface area contributed by atoms with Crippen LogP contribution in [0, 0.1) is 0 Å². The quantitative estimate of drug-likeness (QED) is 0.221. The minimum absolute atomic E-state index is 0.131. The summed E-state index contributed by atoms with van der Waals surface area (Å²) in [4.78, 5) is 0. The molecule has 0 fully saturated rings. The van der Waals surface area contributed by atoms with Crippen LogP contribution in [0.1, 0.15) is 33.1 Å². The van der Waals surface area contributed by atoms with Crippen LogP contribution in [0.15, 0.2) is 5.16 Å². The summed E-state index contributed by atoms with van der Waals surface area (Å²) >= 11 is 1.73. The van der Waals surface area contributed by atoms with E-state index < -0.39 is 0 Å². The van der Waals surface area contributed by atoms with Gasteiger partial charge in [0.1, 0.15) is 0 Å². The van der Waals surface area contributed by atoms with Gasteiger partial charge in [0.2, 0.25) is 0 Å². The number of hydrogen-bond acceptors (Lipinski definition) is 3. The third-order valence-electron chi connectivity index (χ3n) is 1.65. The lowest BCUT2D eigenvalue weighted by molar-refractivity contribution is 0.317. The van der Waals surface area contributed by atoms with E-state index >= 15 is 0 Å². The van der Waals surface area contributed by atoms with E-state index in [-0.39, 0.29) is 5.25 Å². The molecule has 0 aromatic rings. The van der Waals surface area contributed by atoms with E-state index in [0.29, 0.717) is 5.84 Å². The first-order valence-electron chi connectivity index (χ1n) is 4.31. The van der Waals surface area contributed by atoms with Gasteiger partial charge in [-0.2, -0.15) is 11.8 Å². The van der Waals surface area contributed by atoms with Crippen molar-refractivity contribution in [3.8, 4) is 0 Å². The second-order valence-corrected chi connectivity index (χ2v) is 4.19. The third-order valence-corrected chi connectivity index (χ3v) is 2.91. The molecule has 72 valence electrons. The average Bonchev–Trinajstić information content (AvgIpc) is 2.10. The van der Waals surface area contributed by atoms with Gasteiger partial charge in [0.25, 0.3) is 0 Å². The maximum absolute atomic E-state index is 8.36. The highest BCUT2D eigenvalue weighted by molar-refractivity contribution is 8.00. The molecule has 1 unspecified atom stereocenters. The van der Waals surface area contributed by atoms with Crippen molar-refractivity contribution >= 4 is 17.6 Å². The Morgan fingerprint density at radius 1 is 1.58 bits per heavy atom. The van der Waals surface area contributed by atoms with Crippen LogP contribution < -0.4 is 5.73 Å². The fourth-order valence-electron chi connectivity index (χ4n) is 0.779. The van der Waals surface area contributed by atoms with Crippen LogP contribution in [0.3, 0.4) is 0 Å². The number of nitrogens with zero attached hydrogens (tertiary/aromatic N) is 1. The molecule has 0 aliphatic rings. The van der Waals surface area contributed by atoms with E-state index in [1.807, 2.05) is 6.92 Å². The number of oxime groups is 1. The molecule has 0 radical (unpaired) electrons. The molecule has 0 aromatic heterocycles. The zero-order valence-electron chi connectivity index (χ0n) is 7.79. The Morgan fingerprint density at radius 3 is 2.75 bits per heavy atom. The highest BCUT2D eigenvalue weighted by Crippen LogP contribution is 2.13. The first-order valence-corrected chi connectivity index (χ1v) is 5.36. The zero-order chi connectivity index (χ0) is 9.40. The van der Waals surface area contributed by atoms with E-state index in [2.05, 4.69) is 12.1 Å². The summed E-state index contributed by atoms with van der Waals surface area (Å²) in [6, 6.07) is 0. The van der Waals surface area contributed by atoms with Crippen molar-refractivity contribution < 1.29 is 5.21 Å². The number of thioether (sulfide) groups is 1. The lowest BCUT2D eigenvalue weighted by Crippen LogP contribution is -2.23. The third kappa shape index (κ3) is 5.29. The monoisotopic (exact) mass is 190 g/mol. The van der Waals surface area contributed by atoms with Crippen LogP contribution in [-0.4, -0.2) is 22.0 Å². The normalized spacial score (nSPS) is 14.7. The maximum Gasteiger partial charge on any atom is 0.151 e. The Bertz CT molecular complexity index is 139. The number of rotatable bonds is 6. The second kappa shape index (κ2) is 7.28. The van der Waals surface area contributed by atoms with Gasteiger partial charge >= 0.3 is 0 Å². The molecule has 3 nitrogen and oxygen atoms in total. The predicted molar refractivity (Wildman–Crippen MR) is 54.9 cm³/mol. The summed E-state index contributed by atoms with van der Waals surface area (Å²) in [5.74, 6) is 1.40. The van der Waals surface area contributed by atoms with Crippen molar-refractivity contribution in [2.45, 2.75) is 38.4 Å². The van der Waals surface area contributed by atoms with Crippen molar-refractivity contribution in [3.63, 3.8) is 0 Å². The van der Waals surface area contributed by atoms with Crippen LogP contribution in [0.2, 0.25) is 0 Å². The van der Waals surface area contributed by atoms with Gasteiger partial charge in [-0.15, -0.1) is 0 Å². The van der Waals surface area contributed by atoms with Crippen molar-refractivity contribution in [3.05, 3.63) is 0 Å². The molecule has 0 amide bonds. The first kappa shape index (κ1) is 11.6. The second-order valence-electron chi connectivity index (χ2n) is 2.74. The van der Waals surface area contributed by atoms with Crippen LogP contribution in [0.5, 0.6) is 0 Å². The molecule has 0 aliphatic heterocycles. The zero-order valence-corrected chi connectivity index (χ0v) is 8.60. The summed E-state index contributed by atoms with van der Waals surface area (Å²) < 4.78 is 0. The van der Waals surface area contributed by atoms with E-state index in [1.54, 1.807) is 11.8 Å². The van der Waals surface area contributed by atoms with Crippen molar-refractivity contribution in [1.29, 1.82) is 0 Å².